The number of rotatable bonds is 2. The third kappa shape index (κ3) is 1.57. The fraction of sp³-hybridized carbons (Fsp3) is 0. The lowest BCUT2D eigenvalue weighted by molar-refractivity contribution is 0.0662. The van der Waals surface area contributed by atoms with E-state index < -0.39 is 5.97 Å². The molecule has 58 valence electrons. The van der Waals surface area contributed by atoms with Gasteiger partial charge in [-0.3, -0.25) is 0 Å². The number of hydrogen-bond donors (Lipinski definition) is 2. The average molecular weight is 155 g/mol. The van der Waals surface area contributed by atoms with Gasteiger partial charge in [-0.05, 0) is 12.1 Å². The van der Waals surface area contributed by atoms with Crippen LogP contribution in [0.3, 0.4) is 0 Å². The van der Waals surface area contributed by atoms with Crippen LogP contribution >= 0.6 is 0 Å². The van der Waals surface area contributed by atoms with Crippen LogP contribution in [-0.4, -0.2) is 22.5 Å². The number of carbonyl (C=O) groups is 1. The van der Waals surface area contributed by atoms with Crippen LogP contribution in [-0.2, 0) is 0 Å². The first kappa shape index (κ1) is 7.33. The SMILES string of the molecule is O=C(O)c1ccc(/C=N\O)o1. The molecule has 11 heavy (non-hydrogen) atoms. The third-order valence-corrected chi connectivity index (χ3v) is 1.02. The molecular formula is C6H5NO4. The summed E-state index contributed by atoms with van der Waals surface area (Å²) in [4.78, 5) is 10.2. The van der Waals surface area contributed by atoms with E-state index in [2.05, 4.69) is 9.57 Å². The molecule has 1 aromatic rings. The molecule has 1 aromatic heterocycles. The third-order valence-electron chi connectivity index (χ3n) is 1.02. The zero-order valence-corrected chi connectivity index (χ0v) is 5.39. The van der Waals surface area contributed by atoms with E-state index in [1.165, 1.54) is 12.1 Å². The van der Waals surface area contributed by atoms with Crippen LogP contribution in [0.2, 0.25) is 0 Å². The summed E-state index contributed by atoms with van der Waals surface area (Å²) in [5.41, 5.74) is 0. The van der Waals surface area contributed by atoms with Gasteiger partial charge in [0, 0.05) is 0 Å². The molecule has 5 heteroatoms. The van der Waals surface area contributed by atoms with Crippen LogP contribution in [0.4, 0.5) is 0 Å². The Morgan fingerprint density at radius 3 is 2.82 bits per heavy atom. The fourth-order valence-corrected chi connectivity index (χ4v) is 0.594. The molecule has 0 amide bonds. The molecule has 0 bridgehead atoms. The molecule has 0 aliphatic carbocycles. The van der Waals surface area contributed by atoms with Gasteiger partial charge in [0.1, 0.15) is 12.0 Å². The Kier molecular flexibility index (Phi) is 1.91. The van der Waals surface area contributed by atoms with Gasteiger partial charge in [0.15, 0.2) is 0 Å². The molecule has 5 nitrogen and oxygen atoms in total. The monoisotopic (exact) mass is 155 g/mol. The molecule has 0 unspecified atom stereocenters. The van der Waals surface area contributed by atoms with E-state index in [1.807, 2.05) is 0 Å². The molecule has 0 spiro atoms. The van der Waals surface area contributed by atoms with Crippen molar-refractivity contribution in [1.29, 1.82) is 0 Å². The van der Waals surface area contributed by atoms with E-state index in [0.29, 0.717) is 0 Å². The normalized spacial score (nSPS) is 10.5. The predicted molar refractivity (Wildman–Crippen MR) is 35.0 cm³/mol. The highest BCUT2D eigenvalue weighted by Crippen LogP contribution is 2.04. The number of carboxylic acid groups (broad SMARTS) is 1. The second kappa shape index (κ2) is 2.87. The summed E-state index contributed by atoms with van der Waals surface area (Å²) < 4.78 is 4.68. The Bertz CT molecular complexity index is 289. The molecule has 0 radical (unpaired) electrons. The zero-order chi connectivity index (χ0) is 8.27. The van der Waals surface area contributed by atoms with Crippen LogP contribution in [0.25, 0.3) is 0 Å². The lowest BCUT2D eigenvalue weighted by atomic mass is 10.4. The Morgan fingerprint density at radius 1 is 1.64 bits per heavy atom. The van der Waals surface area contributed by atoms with Crippen molar-refractivity contribution in [2.45, 2.75) is 0 Å². The van der Waals surface area contributed by atoms with Crippen molar-refractivity contribution in [1.82, 2.24) is 0 Å². The summed E-state index contributed by atoms with van der Waals surface area (Å²) in [7, 11) is 0. The van der Waals surface area contributed by atoms with Crippen molar-refractivity contribution < 1.29 is 19.5 Å². The number of hydrogen-bond acceptors (Lipinski definition) is 4. The Labute approximate surface area is 61.6 Å². The quantitative estimate of drug-likeness (QED) is 0.375. The molecule has 2 N–H and O–H groups in total. The topological polar surface area (TPSA) is 83.0 Å². The predicted octanol–water partition coefficient (Wildman–Crippen LogP) is 0.786. The van der Waals surface area contributed by atoms with Gasteiger partial charge in [-0.15, -0.1) is 0 Å². The van der Waals surface area contributed by atoms with Crippen LogP contribution < -0.4 is 0 Å². The summed E-state index contributed by atoms with van der Waals surface area (Å²) in [6.45, 7) is 0. The summed E-state index contributed by atoms with van der Waals surface area (Å²) >= 11 is 0. The lowest BCUT2D eigenvalue weighted by Crippen LogP contribution is -1.91. The van der Waals surface area contributed by atoms with Gasteiger partial charge >= 0.3 is 5.97 Å². The van der Waals surface area contributed by atoms with Crippen molar-refractivity contribution in [2.24, 2.45) is 5.16 Å². The number of nitrogens with zero attached hydrogens (tertiary/aromatic N) is 1. The molecule has 0 aromatic carbocycles. The minimum absolute atomic E-state index is 0.181. The van der Waals surface area contributed by atoms with Gasteiger partial charge in [0.25, 0.3) is 0 Å². The van der Waals surface area contributed by atoms with Crippen molar-refractivity contribution in [2.75, 3.05) is 0 Å². The molecule has 0 saturated carbocycles. The van der Waals surface area contributed by atoms with Crippen LogP contribution in [0.5, 0.6) is 0 Å². The molecule has 0 fully saturated rings. The van der Waals surface area contributed by atoms with Gasteiger partial charge in [0.2, 0.25) is 5.76 Å². The summed E-state index contributed by atoms with van der Waals surface area (Å²) in [6, 6.07) is 2.67. The smallest absolute Gasteiger partial charge is 0.371 e. The molecule has 0 atom stereocenters. The van der Waals surface area contributed by atoms with Crippen LogP contribution in [0, 0.1) is 0 Å². The maximum absolute atomic E-state index is 10.2. The van der Waals surface area contributed by atoms with E-state index in [1.54, 1.807) is 0 Å². The maximum atomic E-state index is 10.2. The lowest BCUT2D eigenvalue weighted by Gasteiger charge is -1.83. The van der Waals surface area contributed by atoms with Crippen molar-refractivity contribution in [3.05, 3.63) is 23.7 Å². The van der Waals surface area contributed by atoms with Crippen molar-refractivity contribution >= 4 is 12.2 Å². The minimum Gasteiger partial charge on any atom is -0.475 e. The first-order chi connectivity index (χ1) is 5.24. The highest BCUT2D eigenvalue weighted by Gasteiger charge is 2.06. The highest BCUT2D eigenvalue weighted by atomic mass is 16.4. The first-order valence-electron chi connectivity index (χ1n) is 2.74. The van der Waals surface area contributed by atoms with Gasteiger partial charge < -0.3 is 14.7 Å². The van der Waals surface area contributed by atoms with Crippen molar-refractivity contribution in [3.63, 3.8) is 0 Å². The van der Waals surface area contributed by atoms with Gasteiger partial charge in [-0.1, -0.05) is 5.16 Å². The van der Waals surface area contributed by atoms with Crippen molar-refractivity contribution in [3.8, 4) is 0 Å². The van der Waals surface area contributed by atoms with Crippen LogP contribution in [0.1, 0.15) is 16.3 Å². The Balaban J connectivity index is 2.90. The maximum Gasteiger partial charge on any atom is 0.371 e. The first-order valence-corrected chi connectivity index (χ1v) is 2.74. The van der Waals surface area contributed by atoms with E-state index >= 15 is 0 Å². The van der Waals surface area contributed by atoms with Gasteiger partial charge in [-0.25, -0.2) is 4.79 Å². The summed E-state index contributed by atoms with van der Waals surface area (Å²) in [5, 5.41) is 19.1. The minimum atomic E-state index is -1.15. The number of aromatic carboxylic acids is 1. The summed E-state index contributed by atoms with van der Waals surface area (Å²) in [5.74, 6) is -1.13. The van der Waals surface area contributed by atoms with E-state index in [4.69, 9.17) is 10.3 Å². The molecule has 0 aliphatic rings. The zero-order valence-electron chi connectivity index (χ0n) is 5.39. The van der Waals surface area contributed by atoms with Crippen LogP contribution in [0.15, 0.2) is 21.7 Å². The number of carboxylic acids is 1. The highest BCUT2D eigenvalue weighted by molar-refractivity contribution is 5.86. The Morgan fingerprint density at radius 2 is 2.36 bits per heavy atom. The van der Waals surface area contributed by atoms with E-state index in [0.717, 1.165) is 6.21 Å². The largest absolute Gasteiger partial charge is 0.475 e. The van der Waals surface area contributed by atoms with Gasteiger partial charge in [0.05, 0.1) is 0 Å². The standard InChI is InChI=1S/C6H5NO4/c8-6(9)5-2-1-4(11-5)3-7-10/h1-3,10H,(H,8,9)/b7-3-. The molecular weight excluding hydrogens is 150 g/mol. The second-order valence-electron chi connectivity index (χ2n) is 1.75. The van der Waals surface area contributed by atoms with Gasteiger partial charge in [-0.2, -0.15) is 0 Å². The summed E-state index contributed by atoms with van der Waals surface area (Å²) in [6.07, 6.45) is 1.01. The molecule has 1 heterocycles. The number of oxime groups is 1. The Hall–Kier alpha value is -1.78. The molecule has 0 aliphatic heterocycles. The fourth-order valence-electron chi connectivity index (χ4n) is 0.594. The van der Waals surface area contributed by atoms with E-state index in [9.17, 15) is 4.79 Å². The average Bonchev–Trinajstić information content (AvgIpc) is 2.37. The molecule has 0 saturated heterocycles. The second-order valence-corrected chi connectivity index (χ2v) is 1.75. The molecule has 1 rings (SSSR count). The van der Waals surface area contributed by atoms with E-state index in [-0.39, 0.29) is 11.5 Å². The number of furan rings is 1.